The van der Waals surface area contributed by atoms with Crippen LogP contribution in [0.2, 0.25) is 0 Å². The number of carboxylic acid groups (broad SMARTS) is 1. The summed E-state index contributed by atoms with van der Waals surface area (Å²) < 4.78 is 0. The number of aromatic hydroxyl groups is 1. The number of phenolic OH excluding ortho intramolecular Hbond substituents is 1. The van der Waals surface area contributed by atoms with Crippen LogP contribution in [0.4, 0.5) is 5.69 Å². The molecule has 0 heterocycles. The molecule has 306 valence electrons. The van der Waals surface area contributed by atoms with E-state index in [1.807, 2.05) is 36.4 Å². The minimum absolute atomic E-state index is 0.000268. The monoisotopic (exact) mass is 795 g/mol. The van der Waals surface area contributed by atoms with E-state index in [2.05, 4.69) is 31.3 Å². The maximum atomic E-state index is 14.0. The molecule has 0 saturated carbocycles. The molecule has 0 aliphatic carbocycles. The molecule has 0 bridgehead atoms. The normalized spacial score (nSPS) is 12.8. The summed E-state index contributed by atoms with van der Waals surface area (Å²) in [5.74, 6) is -4.44. The highest BCUT2D eigenvalue weighted by Gasteiger charge is 2.29. The molecule has 4 aromatic rings. The van der Waals surface area contributed by atoms with E-state index < -0.39 is 60.3 Å². The predicted molar refractivity (Wildman–Crippen MR) is 219 cm³/mol. The third kappa shape index (κ3) is 14.1. The molecule has 0 saturated heterocycles. The summed E-state index contributed by atoms with van der Waals surface area (Å²) in [5, 5.41) is 31.4. The Labute approximate surface area is 334 Å². The van der Waals surface area contributed by atoms with Crippen LogP contribution in [0.15, 0.2) is 101 Å². The van der Waals surface area contributed by atoms with Gasteiger partial charge in [0.25, 0.3) is 0 Å². The Bertz CT molecular complexity index is 2120. The maximum absolute atomic E-state index is 14.0. The summed E-state index contributed by atoms with van der Waals surface area (Å²) in [4.78, 5) is 73.9. The van der Waals surface area contributed by atoms with Crippen LogP contribution in [0.5, 0.6) is 5.75 Å². The number of hydrogen-bond acceptors (Lipinski definition) is 9. The average Bonchev–Trinajstić information content (AvgIpc) is 3.18. The zero-order valence-electron chi connectivity index (χ0n) is 31.6. The number of carboxylic acids is 1. The lowest BCUT2D eigenvalue weighted by Crippen LogP contribution is -2.57. The third-order valence-electron chi connectivity index (χ3n) is 8.88. The van der Waals surface area contributed by atoms with E-state index in [-0.39, 0.29) is 56.3 Å². The third-order valence-corrected chi connectivity index (χ3v) is 8.88. The molecular formula is C40H49N11O7. The average molecular weight is 796 g/mol. The second kappa shape index (κ2) is 21.2. The van der Waals surface area contributed by atoms with Gasteiger partial charge in [-0.1, -0.05) is 66.7 Å². The molecule has 0 fully saturated rings. The molecule has 0 unspecified atom stereocenters. The molecule has 0 radical (unpaired) electrons. The number of aliphatic imine (C=N–C) groups is 2. The van der Waals surface area contributed by atoms with Crippen molar-refractivity contribution in [1.29, 1.82) is 0 Å². The van der Waals surface area contributed by atoms with Crippen LogP contribution in [0, 0.1) is 0 Å². The lowest BCUT2D eigenvalue weighted by atomic mass is 10.00. The largest absolute Gasteiger partial charge is 0.508 e. The number of carbonyl (C=O) groups excluding carboxylic acids is 4. The van der Waals surface area contributed by atoms with Crippen molar-refractivity contribution in [1.82, 2.24) is 21.3 Å². The first-order valence-electron chi connectivity index (χ1n) is 18.3. The van der Waals surface area contributed by atoms with Crippen molar-refractivity contribution in [3.05, 3.63) is 108 Å². The number of guanidine groups is 2. The van der Waals surface area contributed by atoms with E-state index in [1.165, 1.54) is 24.3 Å². The number of carbonyl (C=O) groups is 5. The summed E-state index contributed by atoms with van der Waals surface area (Å²) in [6.07, 6.45) is 0.365. The molecular weight excluding hydrogens is 747 g/mol. The fourth-order valence-electron chi connectivity index (χ4n) is 5.94. The number of rotatable bonds is 20. The summed E-state index contributed by atoms with van der Waals surface area (Å²) in [7, 11) is 0. The number of amides is 4. The predicted octanol–water partition coefficient (Wildman–Crippen LogP) is -0.486. The Morgan fingerprint density at radius 2 is 1.24 bits per heavy atom. The van der Waals surface area contributed by atoms with Crippen LogP contribution >= 0.6 is 0 Å². The lowest BCUT2D eigenvalue weighted by molar-refractivity contribution is -0.141. The van der Waals surface area contributed by atoms with Crippen LogP contribution in [0.25, 0.3) is 10.8 Å². The van der Waals surface area contributed by atoms with Crippen LogP contribution in [-0.4, -0.2) is 89.0 Å². The van der Waals surface area contributed by atoms with Gasteiger partial charge >= 0.3 is 5.97 Å². The number of nitrogens with two attached hydrogens (primary N) is 5. The second-order valence-corrected chi connectivity index (χ2v) is 13.5. The van der Waals surface area contributed by atoms with E-state index in [1.54, 1.807) is 30.3 Å². The molecule has 0 aromatic heterocycles. The highest BCUT2D eigenvalue weighted by atomic mass is 16.4. The highest BCUT2D eigenvalue weighted by molar-refractivity contribution is 5.95. The Balaban J connectivity index is 1.50. The highest BCUT2D eigenvalue weighted by Crippen LogP contribution is 2.18. The van der Waals surface area contributed by atoms with Gasteiger partial charge in [-0.05, 0) is 71.0 Å². The molecule has 4 aromatic carbocycles. The molecule has 0 aliphatic heterocycles. The molecule has 4 rings (SSSR count). The summed E-state index contributed by atoms with van der Waals surface area (Å²) in [6.45, 7) is -0.459. The van der Waals surface area contributed by atoms with Gasteiger partial charge in [-0.3, -0.25) is 24.2 Å². The molecule has 58 heavy (non-hydrogen) atoms. The van der Waals surface area contributed by atoms with E-state index in [9.17, 15) is 34.2 Å². The van der Waals surface area contributed by atoms with Crippen LogP contribution in [-0.2, 0) is 43.2 Å². The van der Waals surface area contributed by atoms with Gasteiger partial charge in [-0.25, -0.2) is 9.79 Å². The van der Waals surface area contributed by atoms with Crippen molar-refractivity contribution < 1.29 is 34.2 Å². The number of fused-ring (bicyclic) bond motifs is 1. The van der Waals surface area contributed by atoms with Gasteiger partial charge < -0.3 is 60.1 Å². The van der Waals surface area contributed by atoms with Crippen LogP contribution < -0.4 is 49.9 Å². The Hall–Kier alpha value is -7.21. The van der Waals surface area contributed by atoms with Gasteiger partial charge in [0.05, 0.1) is 18.3 Å². The van der Waals surface area contributed by atoms with E-state index in [0.29, 0.717) is 22.4 Å². The topological polar surface area (TPSA) is 329 Å². The molecule has 18 nitrogen and oxygen atoms in total. The quantitative estimate of drug-likeness (QED) is 0.0307. The first-order valence-corrected chi connectivity index (χ1v) is 18.3. The fraction of sp³-hybridized carbons (Fsp3) is 0.275. The number of nitrogens with one attached hydrogen (secondary N) is 4. The van der Waals surface area contributed by atoms with E-state index in [4.69, 9.17) is 28.7 Å². The summed E-state index contributed by atoms with van der Waals surface area (Å²) in [6, 6.07) is 20.9. The van der Waals surface area contributed by atoms with Gasteiger partial charge in [-0.2, -0.15) is 0 Å². The van der Waals surface area contributed by atoms with Gasteiger partial charge in [0.1, 0.15) is 23.9 Å². The van der Waals surface area contributed by atoms with Crippen LogP contribution in [0.3, 0.4) is 0 Å². The van der Waals surface area contributed by atoms with Crippen molar-refractivity contribution >= 4 is 58.0 Å². The van der Waals surface area contributed by atoms with Crippen molar-refractivity contribution in [2.45, 2.75) is 56.3 Å². The molecule has 0 spiro atoms. The van der Waals surface area contributed by atoms with Gasteiger partial charge in [0.15, 0.2) is 11.9 Å². The Morgan fingerprint density at radius 1 is 0.638 bits per heavy atom. The molecule has 4 atom stereocenters. The zero-order valence-corrected chi connectivity index (χ0v) is 31.6. The Morgan fingerprint density at radius 3 is 1.90 bits per heavy atom. The molecule has 16 N–H and O–H groups in total. The maximum Gasteiger partial charge on any atom is 0.326 e. The minimum Gasteiger partial charge on any atom is -0.508 e. The van der Waals surface area contributed by atoms with Gasteiger partial charge in [-0.15, -0.1) is 0 Å². The van der Waals surface area contributed by atoms with E-state index in [0.717, 1.165) is 10.8 Å². The van der Waals surface area contributed by atoms with E-state index >= 15 is 0 Å². The summed E-state index contributed by atoms with van der Waals surface area (Å²) >= 11 is 0. The number of aliphatic carboxylic acids is 1. The fourth-order valence-corrected chi connectivity index (χ4v) is 5.94. The zero-order chi connectivity index (χ0) is 42.2. The number of nitrogens with zero attached hydrogens (tertiary/aromatic N) is 2. The number of benzene rings is 4. The standard InChI is InChI=1S/C40H49N11O7/c41-30(19-23-8-13-28(14-9-23)48-40(44)45)35(54)50-31(6-3-17-46-39(42)43)37(56)51-32(21-25-7-12-26-4-1-2-5-27(26)18-25)36(55)47-22-34(53)49-33(38(57)58)20-24-10-15-29(52)16-11-24/h1-2,4-5,7-16,18,30-33,52H,3,6,17,19-22,41H2,(H,47,55)(H,49,53)(H,50,54)(H,51,56)(H,57,58)(H4,42,43,46)(H4,44,45,48)/t30-,31-,32-,33+/m0/s1. The minimum atomic E-state index is -1.33. The summed E-state index contributed by atoms with van der Waals surface area (Å²) in [5.41, 5.74) is 30.5. The molecule has 0 aliphatic rings. The smallest absolute Gasteiger partial charge is 0.326 e. The van der Waals surface area contributed by atoms with Gasteiger partial charge in [0, 0.05) is 19.4 Å². The SMILES string of the molecule is NC(N)=NCCC[C@H](NC(=O)[C@@H](N)Cc1ccc(N=C(N)N)cc1)C(=O)N[C@@H](Cc1ccc2ccccc2c1)C(=O)NCC(=O)N[C@H](Cc1ccc(O)cc1)C(=O)O. The number of phenols is 1. The first kappa shape index (κ1) is 43.5. The van der Waals surface area contributed by atoms with Crippen LogP contribution in [0.1, 0.15) is 29.5 Å². The van der Waals surface area contributed by atoms with Crippen molar-refractivity contribution in [2.24, 2.45) is 38.7 Å². The lowest BCUT2D eigenvalue weighted by Gasteiger charge is -2.24. The molecule has 4 amide bonds. The first-order chi connectivity index (χ1) is 27.7. The number of hydrogen-bond donors (Lipinski definition) is 11. The van der Waals surface area contributed by atoms with Crippen molar-refractivity contribution in [3.8, 4) is 5.75 Å². The van der Waals surface area contributed by atoms with Crippen molar-refractivity contribution in [3.63, 3.8) is 0 Å². The van der Waals surface area contributed by atoms with Gasteiger partial charge in [0.2, 0.25) is 23.6 Å². The Kier molecular flexibility index (Phi) is 15.9. The second-order valence-electron chi connectivity index (χ2n) is 13.5. The molecule has 18 heteroatoms. The van der Waals surface area contributed by atoms with Crippen molar-refractivity contribution in [2.75, 3.05) is 13.1 Å².